The van der Waals surface area contributed by atoms with Crippen LogP contribution in [0.4, 0.5) is 11.4 Å². The molecule has 2 saturated heterocycles. The number of aromatic hydroxyl groups is 1. The molecule has 45 heavy (non-hydrogen) atoms. The van der Waals surface area contributed by atoms with Crippen LogP contribution in [0.3, 0.4) is 0 Å². The van der Waals surface area contributed by atoms with E-state index in [1.807, 2.05) is 66.7 Å². The highest BCUT2D eigenvalue weighted by atomic mass is 16.5. The van der Waals surface area contributed by atoms with Crippen molar-refractivity contribution in [2.75, 3.05) is 36.1 Å². The number of morpholine rings is 1. The standard InChI is InChI=1S/C37H32N2O6/c1-20-18-30(40)29-19-28-25(31(33(29)34(20)41)26-11-6-21-4-2-3-5-24(21)35(26)42)12-13-27-32(28)37(44)39(36(27)43)23-9-7-22(8-10-23)38-14-16-45-17-15-38/h2-12,18,27-28,31-32,42H,13-17,19H2,1H3/t27-,28+,31+,32-/m0/s1. The lowest BCUT2D eigenvalue weighted by molar-refractivity contribution is -0.123. The number of imide groups is 1. The summed E-state index contributed by atoms with van der Waals surface area (Å²) in [6.45, 7) is 4.51. The first-order valence-electron chi connectivity index (χ1n) is 15.5. The van der Waals surface area contributed by atoms with Crippen molar-refractivity contribution >= 4 is 45.5 Å². The Bertz CT molecular complexity index is 1910. The highest BCUT2D eigenvalue weighted by molar-refractivity contribution is 6.25. The Morgan fingerprint density at radius 2 is 1.58 bits per heavy atom. The van der Waals surface area contributed by atoms with Gasteiger partial charge in [-0.25, -0.2) is 0 Å². The number of phenolic OH excluding ortho intramolecular Hbond substituents is 1. The number of hydrogen-bond donors (Lipinski definition) is 1. The summed E-state index contributed by atoms with van der Waals surface area (Å²) in [5, 5.41) is 13.1. The van der Waals surface area contributed by atoms with Crippen molar-refractivity contribution in [2.24, 2.45) is 17.8 Å². The van der Waals surface area contributed by atoms with Crippen molar-refractivity contribution in [3.63, 3.8) is 0 Å². The lowest BCUT2D eigenvalue weighted by atomic mass is 9.59. The normalized spacial score (nSPS) is 26.5. The Hall–Kier alpha value is -4.82. The lowest BCUT2D eigenvalue weighted by Crippen LogP contribution is -2.39. The van der Waals surface area contributed by atoms with Gasteiger partial charge in [0.2, 0.25) is 11.8 Å². The number of anilines is 2. The molecular formula is C37H32N2O6. The van der Waals surface area contributed by atoms with E-state index in [1.165, 1.54) is 11.0 Å². The molecule has 0 bridgehead atoms. The van der Waals surface area contributed by atoms with E-state index in [9.17, 15) is 24.3 Å². The summed E-state index contributed by atoms with van der Waals surface area (Å²) < 4.78 is 5.46. The van der Waals surface area contributed by atoms with Gasteiger partial charge < -0.3 is 14.7 Å². The Morgan fingerprint density at radius 3 is 2.36 bits per heavy atom. The van der Waals surface area contributed by atoms with Gasteiger partial charge in [-0.05, 0) is 61.4 Å². The van der Waals surface area contributed by atoms with Gasteiger partial charge in [0, 0.05) is 52.4 Å². The summed E-state index contributed by atoms with van der Waals surface area (Å²) in [5.74, 6) is -3.35. The van der Waals surface area contributed by atoms with Crippen LogP contribution in [0.15, 0.2) is 95.1 Å². The molecule has 8 nitrogen and oxygen atoms in total. The van der Waals surface area contributed by atoms with Crippen molar-refractivity contribution < 1.29 is 29.0 Å². The first-order chi connectivity index (χ1) is 21.8. The molecule has 226 valence electrons. The van der Waals surface area contributed by atoms with Crippen LogP contribution >= 0.6 is 0 Å². The van der Waals surface area contributed by atoms with Crippen LogP contribution in [0.1, 0.15) is 31.2 Å². The molecule has 1 N–H and O–H groups in total. The SMILES string of the molecule is CC1=CC(=O)C2=C(C1=O)[C@@H](c1ccc3ccccc3c1O)C1=CC[C@@H]3C(=O)N(c4ccc(N5CCOCC5)cc4)C(=O)[C@@H]3[C@@H]1C2. The molecule has 8 rings (SSSR count). The maximum absolute atomic E-state index is 14.3. The number of nitrogens with zero attached hydrogens (tertiary/aromatic N) is 2. The van der Waals surface area contributed by atoms with Crippen LogP contribution in [0.2, 0.25) is 0 Å². The molecule has 5 aliphatic rings. The molecular weight excluding hydrogens is 568 g/mol. The number of phenols is 1. The van der Waals surface area contributed by atoms with Gasteiger partial charge in [0.25, 0.3) is 0 Å². The van der Waals surface area contributed by atoms with E-state index in [4.69, 9.17) is 4.74 Å². The van der Waals surface area contributed by atoms with E-state index >= 15 is 0 Å². The Morgan fingerprint density at radius 1 is 0.844 bits per heavy atom. The van der Waals surface area contributed by atoms with Gasteiger partial charge in [-0.15, -0.1) is 0 Å². The van der Waals surface area contributed by atoms with E-state index in [0.29, 0.717) is 53.0 Å². The topological polar surface area (TPSA) is 104 Å². The molecule has 0 radical (unpaired) electrons. The van der Waals surface area contributed by atoms with Gasteiger partial charge >= 0.3 is 0 Å². The molecule has 0 unspecified atom stereocenters. The number of hydrogen-bond acceptors (Lipinski definition) is 7. The lowest BCUT2D eigenvalue weighted by Gasteiger charge is -2.42. The molecule has 2 aliphatic heterocycles. The summed E-state index contributed by atoms with van der Waals surface area (Å²) in [6.07, 6.45) is 3.90. The van der Waals surface area contributed by atoms with Crippen LogP contribution < -0.4 is 9.80 Å². The summed E-state index contributed by atoms with van der Waals surface area (Å²) in [5.41, 5.74) is 3.99. The van der Waals surface area contributed by atoms with E-state index in [2.05, 4.69) is 4.90 Å². The smallest absolute Gasteiger partial charge is 0.238 e. The minimum absolute atomic E-state index is 0.0527. The fourth-order valence-corrected chi connectivity index (χ4v) is 8.11. The Labute approximate surface area is 260 Å². The van der Waals surface area contributed by atoms with Crippen LogP contribution in [-0.2, 0) is 23.9 Å². The molecule has 2 fully saturated rings. The zero-order valence-electron chi connectivity index (χ0n) is 24.9. The molecule has 2 amide bonds. The molecule has 8 heteroatoms. The van der Waals surface area contributed by atoms with Gasteiger partial charge in [-0.3, -0.25) is 24.1 Å². The maximum atomic E-state index is 14.3. The number of carbonyl (C=O) groups is 4. The summed E-state index contributed by atoms with van der Waals surface area (Å²) in [6, 6.07) is 18.7. The van der Waals surface area contributed by atoms with Crippen LogP contribution in [0, 0.1) is 17.8 Å². The molecule has 2 heterocycles. The predicted octanol–water partition coefficient (Wildman–Crippen LogP) is 5.02. The second-order valence-electron chi connectivity index (χ2n) is 12.6. The monoisotopic (exact) mass is 600 g/mol. The van der Waals surface area contributed by atoms with E-state index < -0.39 is 23.7 Å². The van der Waals surface area contributed by atoms with Gasteiger partial charge in [0.15, 0.2) is 11.6 Å². The molecule has 0 aromatic heterocycles. The minimum Gasteiger partial charge on any atom is -0.507 e. The van der Waals surface area contributed by atoms with Crippen LogP contribution in [-0.4, -0.2) is 54.8 Å². The molecule has 3 aromatic rings. The summed E-state index contributed by atoms with van der Waals surface area (Å²) >= 11 is 0. The van der Waals surface area contributed by atoms with Crippen molar-refractivity contribution in [3.05, 3.63) is 101 Å². The molecule has 0 saturated carbocycles. The summed E-state index contributed by atoms with van der Waals surface area (Å²) in [7, 11) is 0. The Kier molecular flexibility index (Phi) is 6.39. The number of allylic oxidation sites excluding steroid dienone is 6. The maximum Gasteiger partial charge on any atom is 0.238 e. The van der Waals surface area contributed by atoms with Crippen LogP contribution in [0.25, 0.3) is 10.8 Å². The largest absolute Gasteiger partial charge is 0.507 e. The fraction of sp³-hybridized carbons (Fsp3) is 0.297. The molecule has 3 aliphatic carbocycles. The summed E-state index contributed by atoms with van der Waals surface area (Å²) in [4.78, 5) is 58.9. The quantitative estimate of drug-likeness (QED) is 0.256. The second-order valence-corrected chi connectivity index (χ2v) is 12.6. The number of Topliss-reactive ketones (excluding diaryl/α,β-unsaturated/α-hetero) is 1. The van der Waals surface area contributed by atoms with E-state index in [0.717, 1.165) is 29.7 Å². The highest BCUT2D eigenvalue weighted by Gasteiger charge is 2.56. The number of fused-ring (bicyclic) bond motifs is 4. The molecule has 4 atom stereocenters. The van der Waals surface area contributed by atoms with Crippen LogP contribution in [0.5, 0.6) is 5.75 Å². The van der Waals surface area contributed by atoms with E-state index in [-0.39, 0.29) is 35.6 Å². The number of ether oxygens (including phenoxy) is 1. The zero-order valence-corrected chi connectivity index (χ0v) is 24.9. The van der Waals surface area contributed by atoms with Gasteiger partial charge in [-0.2, -0.15) is 0 Å². The number of ketones is 2. The number of benzene rings is 3. The number of amides is 2. The third-order valence-electron chi connectivity index (χ3n) is 10.3. The van der Waals surface area contributed by atoms with Gasteiger partial charge in [0.05, 0.1) is 30.7 Å². The van der Waals surface area contributed by atoms with E-state index in [1.54, 1.807) is 6.92 Å². The third-order valence-corrected chi connectivity index (χ3v) is 10.3. The first-order valence-corrected chi connectivity index (χ1v) is 15.5. The fourth-order valence-electron chi connectivity index (χ4n) is 8.11. The van der Waals surface area contributed by atoms with Crippen molar-refractivity contribution in [3.8, 4) is 5.75 Å². The third kappa shape index (κ3) is 4.15. The number of carbonyl (C=O) groups excluding carboxylic acids is 4. The van der Waals surface area contributed by atoms with Crippen molar-refractivity contribution in [2.45, 2.75) is 25.7 Å². The zero-order chi connectivity index (χ0) is 31.0. The highest BCUT2D eigenvalue weighted by Crippen LogP contribution is 2.57. The average molecular weight is 601 g/mol. The van der Waals surface area contributed by atoms with Gasteiger partial charge in [-0.1, -0.05) is 48.0 Å². The predicted molar refractivity (Wildman–Crippen MR) is 169 cm³/mol. The van der Waals surface area contributed by atoms with Crippen molar-refractivity contribution in [1.29, 1.82) is 0 Å². The van der Waals surface area contributed by atoms with Gasteiger partial charge in [0.1, 0.15) is 5.75 Å². The number of rotatable bonds is 3. The average Bonchev–Trinajstić information content (AvgIpc) is 3.33. The first kappa shape index (κ1) is 27.7. The Balaban J connectivity index is 1.20. The molecule has 3 aromatic carbocycles. The minimum atomic E-state index is -0.700. The van der Waals surface area contributed by atoms with Crippen molar-refractivity contribution in [1.82, 2.24) is 0 Å². The second kappa shape index (κ2) is 10.4. The molecule has 0 spiro atoms.